The first kappa shape index (κ1) is 12.3. The van der Waals surface area contributed by atoms with Gasteiger partial charge in [-0.25, -0.2) is 0 Å². The number of rotatable bonds is 5. The summed E-state index contributed by atoms with van der Waals surface area (Å²) in [4.78, 5) is 3.80. The molecule has 1 aromatic rings. The number of nitrogens with zero attached hydrogens (tertiary/aromatic N) is 1. The van der Waals surface area contributed by atoms with Crippen molar-refractivity contribution < 1.29 is 0 Å². The largest absolute Gasteiger partial charge is 0.314 e. The van der Waals surface area contributed by atoms with Gasteiger partial charge in [0.2, 0.25) is 0 Å². The Morgan fingerprint density at radius 2 is 2.19 bits per heavy atom. The van der Waals surface area contributed by atoms with Gasteiger partial charge >= 0.3 is 0 Å². The first-order valence-electron chi connectivity index (χ1n) is 5.72. The second-order valence-electron chi connectivity index (χ2n) is 3.97. The Morgan fingerprint density at radius 1 is 1.38 bits per heavy atom. The molecule has 0 amide bonds. The lowest BCUT2D eigenvalue weighted by molar-refractivity contribution is 0.241. The summed E-state index contributed by atoms with van der Waals surface area (Å²) < 4.78 is 0.874. The summed E-state index contributed by atoms with van der Waals surface area (Å²) in [5, 5.41) is 6.81. The van der Waals surface area contributed by atoms with E-state index < -0.39 is 0 Å². The molecule has 0 aromatic carbocycles. The molecule has 3 nitrogen and oxygen atoms in total. The summed E-state index contributed by atoms with van der Waals surface area (Å²) in [5.41, 5.74) is 0. The zero-order valence-electron chi connectivity index (χ0n) is 9.34. The highest BCUT2D eigenvalue weighted by molar-refractivity contribution is 7.16. The van der Waals surface area contributed by atoms with Gasteiger partial charge in [-0.2, -0.15) is 0 Å². The van der Waals surface area contributed by atoms with Crippen LogP contribution in [0.1, 0.15) is 4.88 Å². The molecule has 2 heterocycles. The molecule has 0 bridgehead atoms. The molecule has 0 atom stereocenters. The molecule has 0 aliphatic carbocycles. The lowest BCUT2D eigenvalue weighted by Gasteiger charge is -2.27. The average Bonchev–Trinajstić information content (AvgIpc) is 2.72. The summed E-state index contributed by atoms with van der Waals surface area (Å²) in [5.74, 6) is 0. The smallest absolute Gasteiger partial charge is 0.0931 e. The van der Waals surface area contributed by atoms with E-state index in [1.54, 1.807) is 11.3 Å². The Labute approximate surface area is 106 Å². The van der Waals surface area contributed by atoms with Gasteiger partial charge in [-0.15, -0.1) is 11.3 Å². The van der Waals surface area contributed by atoms with Gasteiger partial charge in [0.05, 0.1) is 4.34 Å². The molecule has 16 heavy (non-hydrogen) atoms. The van der Waals surface area contributed by atoms with Gasteiger partial charge in [-0.3, -0.25) is 4.90 Å². The van der Waals surface area contributed by atoms with Crippen molar-refractivity contribution in [2.75, 3.05) is 39.3 Å². The molecule has 0 spiro atoms. The van der Waals surface area contributed by atoms with E-state index in [9.17, 15) is 0 Å². The molecule has 1 saturated heterocycles. The maximum atomic E-state index is 5.87. The van der Waals surface area contributed by atoms with E-state index in [4.69, 9.17) is 11.6 Å². The van der Waals surface area contributed by atoms with Crippen molar-refractivity contribution in [1.82, 2.24) is 15.5 Å². The minimum atomic E-state index is 0.874. The van der Waals surface area contributed by atoms with Crippen molar-refractivity contribution in [3.8, 4) is 0 Å². The first-order chi connectivity index (χ1) is 7.84. The fourth-order valence-corrected chi connectivity index (χ4v) is 2.89. The van der Waals surface area contributed by atoms with Crippen molar-refractivity contribution in [2.45, 2.75) is 6.54 Å². The average molecular weight is 260 g/mol. The third kappa shape index (κ3) is 4.03. The summed E-state index contributed by atoms with van der Waals surface area (Å²) in [6.45, 7) is 7.72. The highest BCUT2D eigenvalue weighted by atomic mass is 35.5. The highest BCUT2D eigenvalue weighted by Gasteiger charge is 2.08. The maximum Gasteiger partial charge on any atom is 0.0931 e. The lowest BCUT2D eigenvalue weighted by atomic mass is 10.3. The molecule has 1 aromatic heterocycles. The molecular weight excluding hydrogens is 242 g/mol. The Hall–Kier alpha value is -0.130. The summed E-state index contributed by atoms with van der Waals surface area (Å²) in [6.07, 6.45) is 0. The standard InChI is InChI=1S/C11H18ClN3S/c12-11-2-1-10(16-11)9-14-5-8-15-6-3-13-4-7-15/h1-2,13-14H,3-9H2. The van der Waals surface area contributed by atoms with Crippen LogP contribution in [-0.4, -0.2) is 44.2 Å². The van der Waals surface area contributed by atoms with E-state index in [1.165, 1.54) is 18.0 Å². The Kier molecular flexibility index (Phi) is 5.06. The quantitative estimate of drug-likeness (QED) is 0.783. The number of hydrogen-bond donors (Lipinski definition) is 2. The van der Waals surface area contributed by atoms with Crippen LogP contribution >= 0.6 is 22.9 Å². The van der Waals surface area contributed by atoms with Crippen molar-refractivity contribution in [2.24, 2.45) is 0 Å². The minimum absolute atomic E-state index is 0.874. The Bertz CT molecular complexity index is 310. The van der Waals surface area contributed by atoms with Crippen molar-refractivity contribution >= 4 is 22.9 Å². The zero-order valence-corrected chi connectivity index (χ0v) is 10.9. The fourth-order valence-electron chi connectivity index (χ4n) is 1.83. The van der Waals surface area contributed by atoms with E-state index >= 15 is 0 Å². The molecule has 0 radical (unpaired) electrons. The van der Waals surface area contributed by atoms with Gasteiger partial charge in [-0.1, -0.05) is 11.6 Å². The summed E-state index contributed by atoms with van der Waals surface area (Å²) >= 11 is 7.52. The Morgan fingerprint density at radius 3 is 2.88 bits per heavy atom. The zero-order chi connectivity index (χ0) is 11.2. The molecule has 1 aliphatic heterocycles. The van der Waals surface area contributed by atoms with Crippen LogP contribution in [0.5, 0.6) is 0 Å². The SMILES string of the molecule is Clc1ccc(CNCCN2CCNCC2)s1. The number of nitrogens with one attached hydrogen (secondary N) is 2. The topological polar surface area (TPSA) is 27.3 Å². The molecule has 5 heteroatoms. The van der Waals surface area contributed by atoms with Crippen molar-refractivity contribution in [3.63, 3.8) is 0 Å². The van der Waals surface area contributed by atoms with Crippen LogP contribution in [0.15, 0.2) is 12.1 Å². The van der Waals surface area contributed by atoms with Gasteiger partial charge in [0.1, 0.15) is 0 Å². The molecule has 0 unspecified atom stereocenters. The first-order valence-corrected chi connectivity index (χ1v) is 6.92. The van der Waals surface area contributed by atoms with E-state index in [0.29, 0.717) is 0 Å². The molecule has 1 fully saturated rings. The molecule has 1 aliphatic rings. The van der Waals surface area contributed by atoms with E-state index in [1.807, 2.05) is 6.07 Å². The molecular formula is C11H18ClN3S. The molecule has 0 saturated carbocycles. The van der Waals surface area contributed by atoms with Gasteiger partial charge in [0, 0.05) is 50.7 Å². The van der Waals surface area contributed by atoms with Crippen molar-refractivity contribution in [1.29, 1.82) is 0 Å². The van der Waals surface area contributed by atoms with Gasteiger partial charge in [0.25, 0.3) is 0 Å². The monoisotopic (exact) mass is 259 g/mol. The maximum absolute atomic E-state index is 5.87. The normalized spacial score (nSPS) is 17.8. The minimum Gasteiger partial charge on any atom is -0.314 e. The van der Waals surface area contributed by atoms with Crippen LogP contribution in [0.4, 0.5) is 0 Å². The number of halogens is 1. The lowest BCUT2D eigenvalue weighted by Crippen LogP contribution is -2.45. The van der Waals surface area contributed by atoms with E-state index in [-0.39, 0.29) is 0 Å². The number of hydrogen-bond acceptors (Lipinski definition) is 4. The highest BCUT2D eigenvalue weighted by Crippen LogP contribution is 2.20. The Balaban J connectivity index is 1.57. The number of thiophene rings is 1. The van der Waals surface area contributed by atoms with Gasteiger partial charge in [-0.05, 0) is 12.1 Å². The van der Waals surface area contributed by atoms with Gasteiger partial charge < -0.3 is 10.6 Å². The van der Waals surface area contributed by atoms with Crippen LogP contribution in [-0.2, 0) is 6.54 Å². The van der Waals surface area contributed by atoms with Crippen molar-refractivity contribution in [3.05, 3.63) is 21.3 Å². The third-order valence-electron chi connectivity index (χ3n) is 2.74. The predicted molar refractivity (Wildman–Crippen MR) is 70.3 cm³/mol. The summed E-state index contributed by atoms with van der Waals surface area (Å²) in [7, 11) is 0. The molecule has 2 rings (SSSR count). The summed E-state index contributed by atoms with van der Waals surface area (Å²) in [6, 6.07) is 4.05. The third-order valence-corrected chi connectivity index (χ3v) is 3.97. The van der Waals surface area contributed by atoms with Crippen LogP contribution in [0.3, 0.4) is 0 Å². The molecule has 2 N–H and O–H groups in total. The van der Waals surface area contributed by atoms with Crippen LogP contribution in [0.25, 0.3) is 0 Å². The van der Waals surface area contributed by atoms with Crippen LogP contribution < -0.4 is 10.6 Å². The second kappa shape index (κ2) is 6.57. The van der Waals surface area contributed by atoms with E-state index in [2.05, 4.69) is 21.6 Å². The van der Waals surface area contributed by atoms with Crippen LogP contribution in [0, 0.1) is 0 Å². The molecule has 90 valence electrons. The van der Waals surface area contributed by atoms with E-state index in [0.717, 1.165) is 37.1 Å². The van der Waals surface area contributed by atoms with Gasteiger partial charge in [0.15, 0.2) is 0 Å². The van der Waals surface area contributed by atoms with Crippen LogP contribution in [0.2, 0.25) is 4.34 Å². The fraction of sp³-hybridized carbons (Fsp3) is 0.636. The second-order valence-corrected chi connectivity index (χ2v) is 5.77. The number of piperazine rings is 1. The predicted octanol–water partition coefficient (Wildman–Crippen LogP) is 1.40.